The fourth-order valence-electron chi connectivity index (χ4n) is 1.59. The van der Waals surface area contributed by atoms with Gasteiger partial charge in [-0.2, -0.15) is 9.36 Å². The molecule has 0 saturated carbocycles. The van der Waals surface area contributed by atoms with Crippen LogP contribution in [0.1, 0.15) is 18.7 Å². The molecule has 0 aromatic carbocycles. The SMILES string of the molecule is Cc1nsc(OCC2CCCNC2)n1. The smallest absolute Gasteiger partial charge is 0.293 e. The van der Waals surface area contributed by atoms with Gasteiger partial charge in [-0.3, -0.25) is 0 Å². The van der Waals surface area contributed by atoms with Crippen molar-refractivity contribution >= 4 is 11.5 Å². The van der Waals surface area contributed by atoms with Crippen molar-refractivity contribution in [3.8, 4) is 5.19 Å². The highest BCUT2D eigenvalue weighted by molar-refractivity contribution is 7.07. The molecule has 0 amide bonds. The molecule has 78 valence electrons. The molecule has 1 fully saturated rings. The molecule has 0 bridgehead atoms. The first-order chi connectivity index (χ1) is 6.84. The largest absolute Gasteiger partial charge is 0.469 e. The standard InChI is InChI=1S/C9H15N3OS/c1-7-11-9(14-12-7)13-6-8-3-2-4-10-5-8/h8,10H,2-6H2,1H3. The van der Waals surface area contributed by atoms with Crippen LogP contribution in [-0.2, 0) is 0 Å². The monoisotopic (exact) mass is 213 g/mol. The van der Waals surface area contributed by atoms with Crippen LogP contribution in [0, 0.1) is 12.8 Å². The molecule has 1 aliphatic heterocycles. The summed E-state index contributed by atoms with van der Waals surface area (Å²) in [6, 6.07) is 0. The van der Waals surface area contributed by atoms with E-state index in [4.69, 9.17) is 4.74 Å². The first kappa shape index (κ1) is 9.86. The van der Waals surface area contributed by atoms with Gasteiger partial charge in [-0.05, 0) is 26.3 Å². The molecule has 1 aliphatic rings. The predicted octanol–water partition coefficient (Wildman–Crippen LogP) is 1.22. The Morgan fingerprint density at radius 3 is 3.21 bits per heavy atom. The summed E-state index contributed by atoms with van der Waals surface area (Å²) in [6.07, 6.45) is 2.51. The molecular formula is C9H15N3OS. The minimum absolute atomic E-state index is 0.632. The van der Waals surface area contributed by atoms with E-state index in [1.165, 1.54) is 24.4 Å². The summed E-state index contributed by atoms with van der Waals surface area (Å²) in [5.74, 6) is 1.43. The Balaban J connectivity index is 1.76. The van der Waals surface area contributed by atoms with Gasteiger partial charge in [0, 0.05) is 24.0 Å². The lowest BCUT2D eigenvalue weighted by atomic mass is 10.0. The second-order valence-electron chi connectivity index (χ2n) is 3.63. The van der Waals surface area contributed by atoms with Gasteiger partial charge in [0.1, 0.15) is 5.82 Å². The van der Waals surface area contributed by atoms with E-state index in [1.807, 2.05) is 6.92 Å². The van der Waals surface area contributed by atoms with Gasteiger partial charge < -0.3 is 10.1 Å². The Morgan fingerprint density at radius 1 is 1.64 bits per heavy atom. The zero-order valence-corrected chi connectivity index (χ0v) is 9.14. The lowest BCUT2D eigenvalue weighted by molar-refractivity contribution is 0.217. The van der Waals surface area contributed by atoms with E-state index >= 15 is 0 Å². The van der Waals surface area contributed by atoms with E-state index < -0.39 is 0 Å². The van der Waals surface area contributed by atoms with E-state index in [2.05, 4.69) is 14.7 Å². The van der Waals surface area contributed by atoms with Crippen molar-refractivity contribution in [2.75, 3.05) is 19.7 Å². The number of aryl methyl sites for hydroxylation is 1. The maximum Gasteiger partial charge on any atom is 0.293 e. The summed E-state index contributed by atoms with van der Waals surface area (Å²) in [4.78, 5) is 4.16. The van der Waals surface area contributed by atoms with Gasteiger partial charge in [0.25, 0.3) is 5.19 Å². The van der Waals surface area contributed by atoms with Crippen LogP contribution in [0.4, 0.5) is 0 Å². The highest BCUT2D eigenvalue weighted by Crippen LogP contribution is 2.16. The topological polar surface area (TPSA) is 47.0 Å². The number of nitrogens with one attached hydrogen (secondary N) is 1. The molecule has 2 rings (SSSR count). The molecule has 0 radical (unpaired) electrons. The number of ether oxygens (including phenoxy) is 1. The maximum atomic E-state index is 5.57. The number of aromatic nitrogens is 2. The molecule has 1 aromatic rings. The molecule has 4 nitrogen and oxygen atoms in total. The van der Waals surface area contributed by atoms with Gasteiger partial charge in [0.05, 0.1) is 6.61 Å². The van der Waals surface area contributed by atoms with Crippen LogP contribution in [0.5, 0.6) is 5.19 Å². The van der Waals surface area contributed by atoms with Crippen molar-refractivity contribution in [2.45, 2.75) is 19.8 Å². The minimum Gasteiger partial charge on any atom is -0.469 e. The molecule has 1 saturated heterocycles. The molecular weight excluding hydrogens is 198 g/mol. The van der Waals surface area contributed by atoms with Crippen molar-refractivity contribution in [1.82, 2.24) is 14.7 Å². The van der Waals surface area contributed by atoms with Crippen LogP contribution in [0.15, 0.2) is 0 Å². The second-order valence-corrected chi connectivity index (χ2v) is 4.35. The molecule has 14 heavy (non-hydrogen) atoms. The van der Waals surface area contributed by atoms with Crippen LogP contribution in [0.2, 0.25) is 0 Å². The van der Waals surface area contributed by atoms with Gasteiger partial charge in [-0.25, -0.2) is 0 Å². The number of hydrogen-bond acceptors (Lipinski definition) is 5. The van der Waals surface area contributed by atoms with Crippen LogP contribution < -0.4 is 10.1 Å². The lowest BCUT2D eigenvalue weighted by Crippen LogP contribution is -2.33. The minimum atomic E-state index is 0.632. The Labute approximate surface area is 87.9 Å². The molecule has 5 heteroatoms. The van der Waals surface area contributed by atoms with Crippen molar-refractivity contribution < 1.29 is 4.74 Å². The molecule has 0 spiro atoms. The second kappa shape index (κ2) is 4.70. The molecule has 1 aromatic heterocycles. The van der Waals surface area contributed by atoms with Crippen LogP contribution >= 0.6 is 11.5 Å². The quantitative estimate of drug-likeness (QED) is 0.820. The zero-order chi connectivity index (χ0) is 9.80. The predicted molar refractivity (Wildman–Crippen MR) is 55.7 cm³/mol. The molecule has 0 aliphatic carbocycles. The van der Waals surface area contributed by atoms with E-state index in [-0.39, 0.29) is 0 Å². The van der Waals surface area contributed by atoms with E-state index in [0.29, 0.717) is 11.1 Å². The van der Waals surface area contributed by atoms with Crippen LogP contribution in [-0.4, -0.2) is 29.1 Å². The summed E-state index contributed by atoms with van der Waals surface area (Å²) in [7, 11) is 0. The van der Waals surface area contributed by atoms with Crippen LogP contribution in [0.3, 0.4) is 0 Å². The summed E-state index contributed by atoms with van der Waals surface area (Å²) in [6.45, 7) is 4.86. The molecule has 1 unspecified atom stereocenters. The van der Waals surface area contributed by atoms with E-state index in [1.54, 1.807) is 0 Å². The molecule has 1 atom stereocenters. The zero-order valence-electron chi connectivity index (χ0n) is 8.32. The third kappa shape index (κ3) is 2.65. The van der Waals surface area contributed by atoms with Crippen molar-refractivity contribution in [2.24, 2.45) is 5.92 Å². The summed E-state index contributed by atoms with van der Waals surface area (Å²) >= 11 is 1.33. The summed E-state index contributed by atoms with van der Waals surface area (Å²) < 4.78 is 9.64. The first-order valence-electron chi connectivity index (χ1n) is 4.98. The number of piperidine rings is 1. The van der Waals surface area contributed by atoms with Crippen molar-refractivity contribution in [3.05, 3.63) is 5.82 Å². The van der Waals surface area contributed by atoms with Gasteiger partial charge in [0.2, 0.25) is 0 Å². The number of nitrogens with zero attached hydrogens (tertiary/aromatic N) is 2. The molecule has 2 heterocycles. The Hall–Kier alpha value is -0.680. The fourth-order valence-corrected chi connectivity index (χ4v) is 2.14. The van der Waals surface area contributed by atoms with Crippen molar-refractivity contribution in [1.29, 1.82) is 0 Å². The third-order valence-electron chi connectivity index (χ3n) is 2.35. The Morgan fingerprint density at radius 2 is 2.57 bits per heavy atom. The number of hydrogen-bond donors (Lipinski definition) is 1. The fraction of sp³-hybridized carbons (Fsp3) is 0.778. The Kier molecular flexibility index (Phi) is 3.31. The van der Waals surface area contributed by atoms with Gasteiger partial charge in [-0.1, -0.05) is 0 Å². The van der Waals surface area contributed by atoms with Gasteiger partial charge >= 0.3 is 0 Å². The van der Waals surface area contributed by atoms with Crippen LogP contribution in [0.25, 0.3) is 0 Å². The van der Waals surface area contributed by atoms with Gasteiger partial charge in [0.15, 0.2) is 0 Å². The first-order valence-corrected chi connectivity index (χ1v) is 5.76. The lowest BCUT2D eigenvalue weighted by Gasteiger charge is -2.21. The average Bonchev–Trinajstić information content (AvgIpc) is 2.63. The number of rotatable bonds is 3. The van der Waals surface area contributed by atoms with E-state index in [0.717, 1.165) is 25.5 Å². The summed E-state index contributed by atoms with van der Waals surface area (Å²) in [5, 5.41) is 4.07. The summed E-state index contributed by atoms with van der Waals surface area (Å²) in [5.41, 5.74) is 0. The van der Waals surface area contributed by atoms with Gasteiger partial charge in [-0.15, -0.1) is 0 Å². The highest BCUT2D eigenvalue weighted by atomic mass is 32.1. The van der Waals surface area contributed by atoms with E-state index in [9.17, 15) is 0 Å². The third-order valence-corrected chi connectivity index (χ3v) is 3.07. The Bertz CT molecular complexity index is 283. The maximum absolute atomic E-state index is 5.57. The molecule has 1 N–H and O–H groups in total. The normalized spacial score (nSPS) is 22.2. The highest BCUT2D eigenvalue weighted by Gasteiger charge is 2.14. The van der Waals surface area contributed by atoms with Crippen molar-refractivity contribution in [3.63, 3.8) is 0 Å². The average molecular weight is 213 g/mol.